The van der Waals surface area contributed by atoms with Crippen LogP contribution in [0.3, 0.4) is 0 Å². The van der Waals surface area contributed by atoms with Crippen LogP contribution in [0, 0.1) is 5.82 Å². The summed E-state index contributed by atoms with van der Waals surface area (Å²) in [5.74, 6) is 0.545. The van der Waals surface area contributed by atoms with E-state index >= 15 is 0 Å². The highest BCUT2D eigenvalue weighted by atomic mass is 32.2. The molecule has 2 N–H and O–H groups in total. The second-order valence-corrected chi connectivity index (χ2v) is 10.6. The fraction of sp³-hybridized carbons (Fsp3) is 0.148. The van der Waals surface area contributed by atoms with Gasteiger partial charge in [0, 0.05) is 12.1 Å². The first-order valence-electron chi connectivity index (χ1n) is 11.8. The van der Waals surface area contributed by atoms with Gasteiger partial charge in [-0.2, -0.15) is 0 Å². The van der Waals surface area contributed by atoms with Gasteiger partial charge in [-0.05, 0) is 66.9 Å². The topological polar surface area (TPSA) is 106 Å². The predicted molar refractivity (Wildman–Crippen MR) is 139 cm³/mol. The smallest absolute Gasteiger partial charge is 0.238 e. The zero-order valence-corrected chi connectivity index (χ0v) is 20.5. The van der Waals surface area contributed by atoms with Crippen LogP contribution in [-0.4, -0.2) is 34.5 Å². The average Bonchev–Trinajstić information content (AvgIpc) is 3.56. The zero-order chi connectivity index (χ0) is 25.6. The summed E-state index contributed by atoms with van der Waals surface area (Å²) in [4.78, 5) is 11.5. The Morgan fingerprint density at radius 2 is 1.73 bits per heavy atom. The quantitative estimate of drug-likeness (QED) is 0.368. The first-order chi connectivity index (χ1) is 17.9. The summed E-state index contributed by atoms with van der Waals surface area (Å²) in [6.07, 6.45) is 3.65. The van der Waals surface area contributed by atoms with Gasteiger partial charge in [-0.25, -0.2) is 32.4 Å². The lowest BCUT2D eigenvalue weighted by molar-refractivity contribution is 0.598. The maximum absolute atomic E-state index is 13.9. The summed E-state index contributed by atoms with van der Waals surface area (Å²) >= 11 is 0. The number of fused-ring (bicyclic) bond motifs is 1. The molecular formula is C27H23FN6O2S. The summed E-state index contributed by atoms with van der Waals surface area (Å²) in [7, 11) is -3.77. The molecule has 3 aromatic heterocycles. The van der Waals surface area contributed by atoms with Crippen molar-refractivity contribution in [2.45, 2.75) is 23.8 Å². The molecule has 5 aromatic rings. The van der Waals surface area contributed by atoms with E-state index in [1.165, 1.54) is 18.2 Å². The second kappa shape index (κ2) is 9.06. The van der Waals surface area contributed by atoms with E-state index in [2.05, 4.69) is 9.88 Å². The molecule has 186 valence electrons. The van der Waals surface area contributed by atoms with Gasteiger partial charge >= 0.3 is 0 Å². The van der Waals surface area contributed by atoms with Crippen molar-refractivity contribution in [1.29, 1.82) is 0 Å². The molecule has 1 aliphatic heterocycles. The Morgan fingerprint density at radius 3 is 2.51 bits per heavy atom. The Hall–Kier alpha value is -4.15. The molecule has 1 saturated heterocycles. The molecule has 10 heteroatoms. The third-order valence-corrected chi connectivity index (χ3v) is 7.55. The van der Waals surface area contributed by atoms with E-state index in [4.69, 9.17) is 15.2 Å². The highest BCUT2D eigenvalue weighted by Crippen LogP contribution is 2.35. The van der Waals surface area contributed by atoms with Crippen molar-refractivity contribution < 1.29 is 12.8 Å². The normalized spacial score (nSPS) is 15.9. The number of nitrogens with zero attached hydrogens (tertiary/aromatic N) is 5. The summed E-state index contributed by atoms with van der Waals surface area (Å²) in [5, 5.41) is 10.1. The number of primary sulfonamides is 1. The standard InChI is InChI=1S/C27H23FN6O2S/c28-20-5-1-4-19(16-20)24-8-3-15-33(24)27-14-13-26-30-17-25(34(26)32-27)23-7-2-6-22(31-23)18-9-11-21(12-10-18)37(29,35)36/h1-2,4-7,9-14,16-17,24H,3,8,15H2,(H2,29,35,36)/t24-/m1/s1. The lowest BCUT2D eigenvalue weighted by Gasteiger charge is -2.26. The lowest BCUT2D eigenvalue weighted by Crippen LogP contribution is -2.24. The maximum atomic E-state index is 13.9. The number of nitrogens with two attached hydrogens (primary N) is 1. The number of halogens is 1. The molecule has 1 atom stereocenters. The molecule has 0 amide bonds. The summed E-state index contributed by atoms with van der Waals surface area (Å²) in [5.41, 5.74) is 4.45. The van der Waals surface area contributed by atoms with Gasteiger partial charge in [0.15, 0.2) is 5.65 Å². The van der Waals surface area contributed by atoms with Crippen LogP contribution in [0.1, 0.15) is 24.4 Å². The van der Waals surface area contributed by atoms with Crippen molar-refractivity contribution in [1.82, 2.24) is 19.6 Å². The van der Waals surface area contributed by atoms with Gasteiger partial charge in [0.2, 0.25) is 10.0 Å². The van der Waals surface area contributed by atoms with Crippen molar-refractivity contribution in [3.63, 3.8) is 0 Å². The molecule has 0 saturated carbocycles. The molecule has 0 unspecified atom stereocenters. The van der Waals surface area contributed by atoms with E-state index in [0.29, 0.717) is 17.0 Å². The molecule has 0 radical (unpaired) electrons. The molecule has 0 aliphatic carbocycles. The van der Waals surface area contributed by atoms with Crippen LogP contribution in [0.15, 0.2) is 90.0 Å². The molecule has 6 rings (SSSR count). The molecule has 2 aromatic carbocycles. The van der Waals surface area contributed by atoms with Gasteiger partial charge in [0.1, 0.15) is 17.3 Å². The number of benzene rings is 2. The van der Waals surface area contributed by atoms with Gasteiger partial charge < -0.3 is 4.90 Å². The Labute approximate surface area is 213 Å². The summed E-state index contributed by atoms with van der Waals surface area (Å²) in [6.45, 7) is 0.825. The Kier molecular flexibility index (Phi) is 5.69. The fourth-order valence-corrected chi connectivity index (χ4v) is 5.36. The monoisotopic (exact) mass is 514 g/mol. The van der Waals surface area contributed by atoms with E-state index in [0.717, 1.165) is 42.0 Å². The van der Waals surface area contributed by atoms with Crippen LogP contribution in [0.2, 0.25) is 0 Å². The molecule has 0 spiro atoms. The summed E-state index contributed by atoms with van der Waals surface area (Å²) in [6, 6.07) is 22.6. The number of pyridine rings is 1. The maximum Gasteiger partial charge on any atom is 0.238 e. The van der Waals surface area contributed by atoms with Crippen LogP contribution < -0.4 is 10.0 Å². The van der Waals surface area contributed by atoms with Crippen molar-refractivity contribution in [2.75, 3.05) is 11.4 Å². The van der Waals surface area contributed by atoms with E-state index in [1.54, 1.807) is 35.0 Å². The first kappa shape index (κ1) is 23.3. The van der Waals surface area contributed by atoms with Crippen LogP contribution in [0.5, 0.6) is 0 Å². The van der Waals surface area contributed by atoms with E-state index < -0.39 is 10.0 Å². The van der Waals surface area contributed by atoms with Crippen LogP contribution >= 0.6 is 0 Å². The van der Waals surface area contributed by atoms with Crippen molar-refractivity contribution in [3.8, 4) is 22.6 Å². The van der Waals surface area contributed by atoms with Crippen molar-refractivity contribution >= 4 is 21.5 Å². The molecular weight excluding hydrogens is 491 g/mol. The molecule has 4 heterocycles. The number of hydrogen-bond acceptors (Lipinski definition) is 6. The van der Waals surface area contributed by atoms with Crippen LogP contribution in [-0.2, 0) is 10.0 Å². The molecule has 8 nitrogen and oxygen atoms in total. The third kappa shape index (κ3) is 4.45. The number of sulfonamides is 1. The minimum absolute atomic E-state index is 0.0457. The minimum Gasteiger partial charge on any atom is -0.348 e. The highest BCUT2D eigenvalue weighted by Gasteiger charge is 2.28. The van der Waals surface area contributed by atoms with E-state index in [1.807, 2.05) is 36.4 Å². The first-order valence-corrected chi connectivity index (χ1v) is 13.4. The number of imidazole rings is 1. The highest BCUT2D eigenvalue weighted by molar-refractivity contribution is 7.89. The number of anilines is 1. The summed E-state index contributed by atoms with van der Waals surface area (Å²) < 4.78 is 38.8. The zero-order valence-electron chi connectivity index (χ0n) is 19.7. The second-order valence-electron chi connectivity index (χ2n) is 8.99. The largest absolute Gasteiger partial charge is 0.348 e. The molecule has 1 aliphatic rings. The SMILES string of the molecule is NS(=O)(=O)c1ccc(-c2cccc(-c3cnc4ccc(N5CCC[C@@H]5c5cccc(F)c5)nn34)n2)cc1. The van der Waals surface area contributed by atoms with Crippen molar-refractivity contribution in [3.05, 3.63) is 96.4 Å². The van der Waals surface area contributed by atoms with Crippen LogP contribution in [0.25, 0.3) is 28.3 Å². The molecule has 0 bridgehead atoms. The van der Waals surface area contributed by atoms with E-state index in [9.17, 15) is 12.8 Å². The number of hydrogen-bond donors (Lipinski definition) is 1. The van der Waals surface area contributed by atoms with Gasteiger partial charge in [0.05, 0.1) is 28.5 Å². The fourth-order valence-electron chi connectivity index (χ4n) is 4.85. The Balaban J connectivity index is 1.36. The van der Waals surface area contributed by atoms with Gasteiger partial charge in [-0.3, -0.25) is 0 Å². The Morgan fingerprint density at radius 1 is 0.946 bits per heavy atom. The molecule has 1 fully saturated rings. The predicted octanol–water partition coefficient (Wildman–Crippen LogP) is 4.59. The lowest BCUT2D eigenvalue weighted by atomic mass is 10.0. The van der Waals surface area contributed by atoms with Crippen LogP contribution in [0.4, 0.5) is 10.2 Å². The Bertz CT molecular complexity index is 1720. The van der Waals surface area contributed by atoms with Gasteiger partial charge in [-0.15, -0.1) is 5.10 Å². The van der Waals surface area contributed by atoms with Crippen molar-refractivity contribution in [2.24, 2.45) is 5.14 Å². The van der Waals surface area contributed by atoms with E-state index in [-0.39, 0.29) is 16.8 Å². The average molecular weight is 515 g/mol. The van der Waals surface area contributed by atoms with Gasteiger partial charge in [-0.1, -0.05) is 30.3 Å². The third-order valence-electron chi connectivity index (χ3n) is 6.62. The number of aromatic nitrogens is 4. The van der Waals surface area contributed by atoms with Gasteiger partial charge in [0.25, 0.3) is 0 Å². The number of rotatable bonds is 5. The molecule has 37 heavy (non-hydrogen) atoms. The minimum atomic E-state index is -3.77.